The Balaban J connectivity index is 2.15. The van der Waals surface area contributed by atoms with Crippen LogP contribution in [-0.4, -0.2) is 12.9 Å². The molecule has 20 heavy (non-hydrogen) atoms. The predicted molar refractivity (Wildman–Crippen MR) is 83.9 cm³/mol. The zero-order valence-corrected chi connectivity index (χ0v) is 12.4. The Morgan fingerprint density at radius 2 is 1.95 bits per heavy atom. The van der Waals surface area contributed by atoms with E-state index in [1.807, 2.05) is 24.3 Å². The first-order chi connectivity index (χ1) is 9.60. The number of aliphatic imine (C=N–C) groups is 1. The zero-order chi connectivity index (χ0) is 14.5. The van der Waals surface area contributed by atoms with Gasteiger partial charge in [0.05, 0.1) is 23.7 Å². The molecule has 2 aromatic carbocycles. The van der Waals surface area contributed by atoms with E-state index in [2.05, 4.69) is 4.99 Å². The van der Waals surface area contributed by atoms with Crippen molar-refractivity contribution in [3.8, 4) is 5.75 Å². The summed E-state index contributed by atoms with van der Waals surface area (Å²) in [6.07, 6.45) is 0. The van der Waals surface area contributed by atoms with Crippen LogP contribution < -0.4 is 10.5 Å². The normalized spacial score (nSPS) is 11.4. The number of amidine groups is 1. The molecule has 2 N–H and O–H groups in total. The molecule has 0 fully saturated rings. The Morgan fingerprint density at radius 1 is 1.15 bits per heavy atom. The topological polar surface area (TPSA) is 47.6 Å². The van der Waals surface area contributed by atoms with Crippen molar-refractivity contribution in [1.82, 2.24) is 0 Å². The second-order valence-electron chi connectivity index (χ2n) is 4.18. The maximum Gasteiger partial charge on any atom is 0.126 e. The molecule has 104 valence electrons. The van der Waals surface area contributed by atoms with Crippen LogP contribution >= 0.6 is 23.2 Å². The number of nitrogens with two attached hydrogens (primary N) is 1. The summed E-state index contributed by atoms with van der Waals surface area (Å²) < 4.78 is 5.16. The fourth-order valence-corrected chi connectivity index (χ4v) is 1.99. The number of halogens is 2. The molecule has 0 spiro atoms. The summed E-state index contributed by atoms with van der Waals surface area (Å²) in [5.41, 5.74) is 7.72. The van der Waals surface area contributed by atoms with E-state index in [1.54, 1.807) is 25.3 Å². The first kappa shape index (κ1) is 14.7. The average Bonchev–Trinajstić information content (AvgIpc) is 2.47. The lowest BCUT2D eigenvalue weighted by atomic mass is 10.2. The van der Waals surface area contributed by atoms with Gasteiger partial charge in [-0.25, -0.2) is 0 Å². The van der Waals surface area contributed by atoms with Crippen molar-refractivity contribution >= 4 is 29.0 Å². The summed E-state index contributed by atoms with van der Waals surface area (Å²) in [6.45, 7) is 0.475. The minimum atomic E-state index is 0.423. The lowest BCUT2D eigenvalue weighted by Gasteiger charge is -2.05. The number of nitrogens with zero attached hydrogens (tertiary/aromatic N) is 1. The van der Waals surface area contributed by atoms with Crippen LogP contribution in [-0.2, 0) is 6.54 Å². The van der Waals surface area contributed by atoms with Gasteiger partial charge in [0.15, 0.2) is 0 Å². The van der Waals surface area contributed by atoms with Gasteiger partial charge in [0.2, 0.25) is 0 Å². The fraction of sp³-hybridized carbons (Fsp3) is 0.133. The van der Waals surface area contributed by atoms with Gasteiger partial charge in [-0.3, -0.25) is 4.99 Å². The smallest absolute Gasteiger partial charge is 0.126 e. The summed E-state index contributed by atoms with van der Waals surface area (Å²) in [6, 6.07) is 12.9. The quantitative estimate of drug-likeness (QED) is 0.687. The van der Waals surface area contributed by atoms with Gasteiger partial charge in [-0.05, 0) is 35.9 Å². The van der Waals surface area contributed by atoms with Gasteiger partial charge in [0.1, 0.15) is 11.6 Å². The third kappa shape index (κ3) is 3.65. The average molecular weight is 309 g/mol. The summed E-state index contributed by atoms with van der Waals surface area (Å²) in [7, 11) is 1.63. The molecule has 0 bridgehead atoms. The molecule has 0 atom stereocenters. The van der Waals surface area contributed by atoms with E-state index in [1.165, 1.54) is 0 Å². The van der Waals surface area contributed by atoms with Gasteiger partial charge in [0, 0.05) is 5.56 Å². The van der Waals surface area contributed by atoms with Crippen molar-refractivity contribution in [2.24, 2.45) is 10.7 Å². The van der Waals surface area contributed by atoms with Crippen molar-refractivity contribution in [2.75, 3.05) is 7.11 Å². The molecule has 3 nitrogen and oxygen atoms in total. The van der Waals surface area contributed by atoms with Gasteiger partial charge >= 0.3 is 0 Å². The molecule has 0 heterocycles. The minimum Gasteiger partial charge on any atom is -0.497 e. The highest BCUT2D eigenvalue weighted by molar-refractivity contribution is 6.42. The number of hydrogen-bond acceptors (Lipinski definition) is 2. The van der Waals surface area contributed by atoms with E-state index < -0.39 is 0 Å². The second kappa shape index (κ2) is 6.64. The van der Waals surface area contributed by atoms with E-state index in [0.717, 1.165) is 16.9 Å². The SMILES string of the molecule is COc1cccc(CN=C(N)c2ccc(Cl)c(Cl)c2)c1. The highest BCUT2D eigenvalue weighted by Gasteiger charge is 2.03. The Kier molecular flexibility index (Phi) is 4.88. The zero-order valence-electron chi connectivity index (χ0n) is 10.9. The largest absolute Gasteiger partial charge is 0.497 e. The Bertz CT molecular complexity index is 642. The van der Waals surface area contributed by atoms with Gasteiger partial charge in [-0.1, -0.05) is 35.3 Å². The molecule has 5 heteroatoms. The number of benzene rings is 2. The minimum absolute atomic E-state index is 0.423. The van der Waals surface area contributed by atoms with E-state index in [4.69, 9.17) is 33.7 Å². The maximum atomic E-state index is 5.96. The van der Waals surface area contributed by atoms with Crippen molar-refractivity contribution in [1.29, 1.82) is 0 Å². The number of rotatable bonds is 4. The third-order valence-corrected chi connectivity index (χ3v) is 3.52. The van der Waals surface area contributed by atoms with E-state index in [9.17, 15) is 0 Å². The maximum absolute atomic E-state index is 5.96. The summed E-state index contributed by atoms with van der Waals surface area (Å²) in [5, 5.41) is 0.958. The molecular weight excluding hydrogens is 295 g/mol. The highest BCUT2D eigenvalue weighted by Crippen LogP contribution is 2.22. The molecule has 0 saturated heterocycles. The van der Waals surface area contributed by atoms with Crippen LogP contribution in [0.25, 0.3) is 0 Å². The van der Waals surface area contributed by atoms with Gasteiger partial charge < -0.3 is 10.5 Å². The van der Waals surface area contributed by atoms with Gasteiger partial charge in [-0.2, -0.15) is 0 Å². The van der Waals surface area contributed by atoms with Crippen molar-refractivity contribution < 1.29 is 4.74 Å². The van der Waals surface area contributed by atoms with Crippen LogP contribution in [0.15, 0.2) is 47.5 Å². The lowest BCUT2D eigenvalue weighted by molar-refractivity contribution is 0.414. The molecular formula is C15H14Cl2N2O. The monoisotopic (exact) mass is 308 g/mol. The van der Waals surface area contributed by atoms with Crippen LogP contribution in [0.3, 0.4) is 0 Å². The molecule has 0 saturated carbocycles. The molecule has 0 aromatic heterocycles. The number of methoxy groups -OCH3 is 1. The Labute approximate surface area is 128 Å². The molecule has 2 rings (SSSR count). The Morgan fingerprint density at radius 3 is 2.65 bits per heavy atom. The van der Waals surface area contributed by atoms with Crippen molar-refractivity contribution in [3.05, 3.63) is 63.6 Å². The summed E-state index contributed by atoms with van der Waals surface area (Å²) in [4.78, 5) is 4.35. The second-order valence-corrected chi connectivity index (χ2v) is 5.00. The number of hydrogen-bond donors (Lipinski definition) is 1. The van der Waals surface area contributed by atoms with Crippen LogP contribution in [0, 0.1) is 0 Å². The Hall–Kier alpha value is -1.71. The highest BCUT2D eigenvalue weighted by atomic mass is 35.5. The summed E-state index contributed by atoms with van der Waals surface area (Å²) in [5.74, 6) is 1.22. The third-order valence-electron chi connectivity index (χ3n) is 2.78. The van der Waals surface area contributed by atoms with Crippen LogP contribution in [0.1, 0.15) is 11.1 Å². The molecule has 0 unspecified atom stereocenters. The number of ether oxygens (including phenoxy) is 1. The van der Waals surface area contributed by atoms with Crippen molar-refractivity contribution in [2.45, 2.75) is 6.54 Å². The van der Waals surface area contributed by atoms with E-state index in [0.29, 0.717) is 22.4 Å². The molecule has 0 aliphatic carbocycles. The van der Waals surface area contributed by atoms with E-state index in [-0.39, 0.29) is 0 Å². The predicted octanol–water partition coefficient (Wildman–Crippen LogP) is 3.91. The van der Waals surface area contributed by atoms with Crippen LogP contribution in [0.2, 0.25) is 10.0 Å². The van der Waals surface area contributed by atoms with Crippen LogP contribution in [0.4, 0.5) is 0 Å². The molecule has 0 aliphatic rings. The standard InChI is InChI=1S/C15H14Cl2N2O/c1-20-12-4-2-3-10(7-12)9-19-15(18)11-5-6-13(16)14(17)8-11/h2-8H,9H2,1H3,(H2,18,19). The first-order valence-corrected chi connectivity index (χ1v) is 6.74. The van der Waals surface area contributed by atoms with Crippen molar-refractivity contribution in [3.63, 3.8) is 0 Å². The van der Waals surface area contributed by atoms with E-state index >= 15 is 0 Å². The fourth-order valence-electron chi connectivity index (χ4n) is 1.69. The first-order valence-electron chi connectivity index (χ1n) is 5.98. The molecule has 2 aromatic rings. The molecule has 0 amide bonds. The summed E-state index contributed by atoms with van der Waals surface area (Å²) >= 11 is 11.8. The van der Waals surface area contributed by atoms with Gasteiger partial charge in [0.25, 0.3) is 0 Å². The van der Waals surface area contributed by atoms with Gasteiger partial charge in [-0.15, -0.1) is 0 Å². The van der Waals surface area contributed by atoms with Crippen LogP contribution in [0.5, 0.6) is 5.75 Å². The molecule has 0 radical (unpaired) electrons. The molecule has 0 aliphatic heterocycles. The lowest BCUT2D eigenvalue weighted by Crippen LogP contribution is -2.13.